The van der Waals surface area contributed by atoms with Gasteiger partial charge in [-0.2, -0.15) is 0 Å². The quantitative estimate of drug-likeness (QED) is 0.672. The first-order valence-electron chi connectivity index (χ1n) is 6.87. The Morgan fingerprint density at radius 3 is 2.48 bits per heavy atom. The van der Waals surface area contributed by atoms with Crippen LogP contribution in [-0.4, -0.2) is 50.6 Å². The van der Waals surface area contributed by atoms with Gasteiger partial charge in [0.05, 0.1) is 4.90 Å². The van der Waals surface area contributed by atoms with Crippen LogP contribution in [-0.2, 0) is 10.0 Å². The van der Waals surface area contributed by atoms with Crippen LogP contribution in [0.2, 0.25) is 0 Å². The lowest BCUT2D eigenvalue weighted by molar-refractivity contribution is 0.0702. The first-order chi connectivity index (χ1) is 9.81. The summed E-state index contributed by atoms with van der Waals surface area (Å²) in [5.41, 5.74) is 0. The summed E-state index contributed by atoms with van der Waals surface area (Å²) in [4.78, 5) is 13.7. The van der Waals surface area contributed by atoms with Crippen molar-refractivity contribution >= 4 is 27.3 Å². The van der Waals surface area contributed by atoms with E-state index in [0.29, 0.717) is 11.4 Å². The Kier molecular flexibility index (Phi) is 6.79. The van der Waals surface area contributed by atoms with E-state index < -0.39 is 16.0 Å². The van der Waals surface area contributed by atoms with Gasteiger partial charge in [-0.25, -0.2) is 17.9 Å². The third-order valence-electron chi connectivity index (χ3n) is 3.21. The highest BCUT2D eigenvalue weighted by Gasteiger charge is 2.21. The minimum atomic E-state index is -3.64. The molecule has 0 aliphatic carbocycles. The van der Waals surface area contributed by atoms with E-state index in [0.717, 1.165) is 37.4 Å². The van der Waals surface area contributed by atoms with E-state index in [1.807, 2.05) is 0 Å². The van der Waals surface area contributed by atoms with E-state index in [-0.39, 0.29) is 9.77 Å². The van der Waals surface area contributed by atoms with Gasteiger partial charge in [-0.3, -0.25) is 0 Å². The molecule has 0 unspecified atom stereocenters. The summed E-state index contributed by atoms with van der Waals surface area (Å²) in [7, 11) is -3.64. The minimum Gasteiger partial charge on any atom is -0.477 e. The SMILES string of the molecule is CCN(CC)CCCNS(=O)(=O)c1cc(C(=O)O)sc1C. The highest BCUT2D eigenvalue weighted by Crippen LogP contribution is 2.25. The van der Waals surface area contributed by atoms with E-state index in [2.05, 4.69) is 23.5 Å². The number of carboxylic acid groups (broad SMARTS) is 1. The Labute approximate surface area is 129 Å². The van der Waals surface area contributed by atoms with Gasteiger partial charge in [0.1, 0.15) is 4.88 Å². The van der Waals surface area contributed by atoms with E-state index in [4.69, 9.17) is 5.11 Å². The van der Waals surface area contributed by atoms with Crippen molar-refractivity contribution in [3.8, 4) is 0 Å². The summed E-state index contributed by atoms with van der Waals surface area (Å²) in [6.45, 7) is 8.80. The Hall–Kier alpha value is -0.960. The van der Waals surface area contributed by atoms with Crippen molar-refractivity contribution in [3.63, 3.8) is 0 Å². The summed E-state index contributed by atoms with van der Waals surface area (Å²) in [5, 5.41) is 8.91. The summed E-state index contributed by atoms with van der Waals surface area (Å²) in [5.74, 6) is -1.11. The molecule has 0 spiro atoms. The number of thiophene rings is 1. The lowest BCUT2D eigenvalue weighted by Crippen LogP contribution is -2.30. The van der Waals surface area contributed by atoms with Crippen LogP contribution in [0.5, 0.6) is 0 Å². The van der Waals surface area contributed by atoms with Crippen LogP contribution in [0, 0.1) is 6.92 Å². The number of aromatic carboxylic acids is 1. The molecule has 1 rings (SSSR count). The lowest BCUT2D eigenvalue weighted by atomic mass is 10.4. The van der Waals surface area contributed by atoms with Crippen LogP contribution >= 0.6 is 11.3 Å². The number of hydrogen-bond donors (Lipinski definition) is 2. The molecular formula is C13H22N2O4S2. The monoisotopic (exact) mass is 334 g/mol. The first kappa shape index (κ1) is 18.1. The van der Waals surface area contributed by atoms with Gasteiger partial charge in [0.25, 0.3) is 0 Å². The molecule has 1 heterocycles. The van der Waals surface area contributed by atoms with Gasteiger partial charge in [-0.15, -0.1) is 11.3 Å². The predicted molar refractivity (Wildman–Crippen MR) is 83.6 cm³/mol. The highest BCUT2D eigenvalue weighted by atomic mass is 32.2. The first-order valence-corrected chi connectivity index (χ1v) is 9.17. The number of sulfonamides is 1. The van der Waals surface area contributed by atoms with Crippen LogP contribution in [0.25, 0.3) is 0 Å². The van der Waals surface area contributed by atoms with Gasteiger partial charge >= 0.3 is 5.97 Å². The van der Waals surface area contributed by atoms with Gasteiger partial charge in [-0.05, 0) is 39.0 Å². The van der Waals surface area contributed by atoms with Crippen LogP contribution in [0.15, 0.2) is 11.0 Å². The average Bonchev–Trinajstić information content (AvgIpc) is 2.82. The molecule has 21 heavy (non-hydrogen) atoms. The fourth-order valence-corrected chi connectivity index (χ4v) is 4.47. The summed E-state index contributed by atoms with van der Waals surface area (Å²) < 4.78 is 26.9. The third-order valence-corrected chi connectivity index (χ3v) is 5.97. The summed E-state index contributed by atoms with van der Waals surface area (Å²) in [6.07, 6.45) is 0.718. The van der Waals surface area contributed by atoms with Crippen molar-refractivity contribution in [2.45, 2.75) is 32.1 Å². The fourth-order valence-electron chi connectivity index (χ4n) is 1.96. The second-order valence-electron chi connectivity index (χ2n) is 4.61. The maximum atomic E-state index is 12.2. The number of aryl methyl sites for hydroxylation is 1. The molecular weight excluding hydrogens is 312 g/mol. The third kappa shape index (κ3) is 5.06. The highest BCUT2D eigenvalue weighted by molar-refractivity contribution is 7.89. The topological polar surface area (TPSA) is 86.7 Å². The van der Waals surface area contributed by atoms with Crippen molar-refractivity contribution in [1.82, 2.24) is 9.62 Å². The number of nitrogens with one attached hydrogen (secondary N) is 1. The number of rotatable bonds is 9. The zero-order valence-electron chi connectivity index (χ0n) is 12.5. The van der Waals surface area contributed by atoms with Gasteiger partial charge < -0.3 is 10.0 Å². The van der Waals surface area contributed by atoms with Crippen molar-refractivity contribution < 1.29 is 18.3 Å². The Balaban J connectivity index is 2.64. The van der Waals surface area contributed by atoms with E-state index in [1.54, 1.807) is 6.92 Å². The second kappa shape index (κ2) is 7.88. The van der Waals surface area contributed by atoms with Crippen molar-refractivity contribution in [2.75, 3.05) is 26.2 Å². The lowest BCUT2D eigenvalue weighted by Gasteiger charge is -2.17. The normalized spacial score (nSPS) is 12.0. The molecule has 0 bridgehead atoms. The van der Waals surface area contributed by atoms with Gasteiger partial charge in [0.2, 0.25) is 10.0 Å². The van der Waals surface area contributed by atoms with E-state index in [9.17, 15) is 13.2 Å². The molecule has 0 radical (unpaired) electrons. The van der Waals surface area contributed by atoms with Crippen LogP contribution in [0.4, 0.5) is 0 Å². The standard InChI is InChI=1S/C13H22N2O4S2/c1-4-15(5-2)8-6-7-14-21(18,19)12-9-11(13(16)17)20-10(12)3/h9,14H,4-8H2,1-3H3,(H,16,17). The zero-order valence-corrected chi connectivity index (χ0v) is 14.2. The average molecular weight is 334 g/mol. The minimum absolute atomic E-state index is 0.0380. The number of carboxylic acids is 1. The molecule has 8 heteroatoms. The Morgan fingerprint density at radius 1 is 1.38 bits per heavy atom. The maximum Gasteiger partial charge on any atom is 0.345 e. The molecule has 0 aromatic carbocycles. The molecule has 2 N–H and O–H groups in total. The van der Waals surface area contributed by atoms with Crippen LogP contribution in [0.3, 0.4) is 0 Å². The molecule has 120 valence electrons. The second-order valence-corrected chi connectivity index (χ2v) is 7.61. The number of carbonyl (C=O) groups is 1. The largest absolute Gasteiger partial charge is 0.477 e. The van der Waals surface area contributed by atoms with E-state index in [1.165, 1.54) is 6.07 Å². The summed E-state index contributed by atoms with van der Waals surface area (Å²) in [6, 6.07) is 1.22. The molecule has 0 saturated carbocycles. The van der Waals surface area contributed by atoms with Crippen molar-refractivity contribution in [2.24, 2.45) is 0 Å². The molecule has 1 aromatic heterocycles. The molecule has 0 fully saturated rings. The van der Waals surface area contributed by atoms with E-state index >= 15 is 0 Å². The zero-order chi connectivity index (χ0) is 16.0. The molecule has 1 aromatic rings. The van der Waals surface area contributed by atoms with Gasteiger partial charge in [-0.1, -0.05) is 13.8 Å². The van der Waals surface area contributed by atoms with Gasteiger partial charge in [0.15, 0.2) is 0 Å². The molecule has 0 aliphatic rings. The predicted octanol–water partition coefficient (Wildman–Crippen LogP) is 1.76. The molecule has 0 saturated heterocycles. The fraction of sp³-hybridized carbons (Fsp3) is 0.615. The van der Waals surface area contributed by atoms with Crippen LogP contribution < -0.4 is 4.72 Å². The molecule has 0 atom stereocenters. The number of nitrogens with zero attached hydrogens (tertiary/aromatic N) is 1. The Morgan fingerprint density at radius 2 is 2.00 bits per heavy atom. The molecule has 6 nitrogen and oxygen atoms in total. The summed E-state index contributed by atoms with van der Waals surface area (Å²) >= 11 is 0.974. The van der Waals surface area contributed by atoms with Crippen molar-refractivity contribution in [3.05, 3.63) is 15.8 Å². The number of hydrogen-bond acceptors (Lipinski definition) is 5. The molecule has 0 amide bonds. The van der Waals surface area contributed by atoms with Gasteiger partial charge in [0, 0.05) is 11.4 Å². The Bertz CT molecular complexity index is 577. The molecule has 0 aliphatic heterocycles. The smallest absolute Gasteiger partial charge is 0.345 e. The maximum absolute atomic E-state index is 12.2. The van der Waals surface area contributed by atoms with Crippen LogP contribution in [0.1, 0.15) is 34.8 Å². The van der Waals surface area contributed by atoms with Crippen molar-refractivity contribution in [1.29, 1.82) is 0 Å².